The van der Waals surface area contributed by atoms with Crippen LogP contribution in [0.4, 0.5) is 0 Å². The average Bonchev–Trinajstić information content (AvgIpc) is 2.80. The largest absolute Gasteiger partial charge is 0.387 e. The molecule has 1 aromatic rings. The minimum atomic E-state index is -0.347. The maximum Gasteiger partial charge on any atom is 0.0947 e. The zero-order valence-corrected chi connectivity index (χ0v) is 13.3. The first-order valence-corrected chi connectivity index (χ1v) is 8.33. The summed E-state index contributed by atoms with van der Waals surface area (Å²) in [7, 11) is 4.41. The van der Waals surface area contributed by atoms with Crippen LogP contribution in [-0.4, -0.2) is 54.2 Å². The van der Waals surface area contributed by atoms with Gasteiger partial charge < -0.3 is 10.0 Å². The van der Waals surface area contributed by atoms with Crippen molar-refractivity contribution in [3.63, 3.8) is 0 Å². The summed E-state index contributed by atoms with van der Waals surface area (Å²) in [5, 5.41) is 10.9. The molecule has 3 nitrogen and oxygen atoms in total. The Morgan fingerprint density at radius 1 is 1.24 bits per heavy atom. The van der Waals surface area contributed by atoms with Crippen LogP contribution in [0, 0.1) is 0 Å². The summed E-state index contributed by atoms with van der Waals surface area (Å²) in [4.78, 5) is 4.87. The van der Waals surface area contributed by atoms with E-state index in [1.165, 1.54) is 31.4 Å². The van der Waals surface area contributed by atoms with Crippen molar-refractivity contribution >= 4 is 0 Å². The Morgan fingerprint density at radius 3 is 2.81 bits per heavy atom. The molecule has 0 bridgehead atoms. The Labute approximate surface area is 128 Å². The number of likely N-dealkylation sites (N-methyl/N-ethyl adjacent to an activating group) is 2. The number of benzene rings is 1. The molecule has 2 aliphatic rings. The van der Waals surface area contributed by atoms with E-state index in [4.69, 9.17) is 0 Å². The van der Waals surface area contributed by atoms with Gasteiger partial charge in [0.15, 0.2) is 0 Å². The summed E-state index contributed by atoms with van der Waals surface area (Å²) in [5.74, 6) is 0. The Bertz CT molecular complexity index is 476. The van der Waals surface area contributed by atoms with Crippen LogP contribution >= 0.6 is 0 Å². The molecule has 3 rings (SSSR count). The van der Waals surface area contributed by atoms with E-state index < -0.39 is 0 Å². The second-order valence-electron chi connectivity index (χ2n) is 6.82. The highest BCUT2D eigenvalue weighted by molar-refractivity contribution is 5.31. The standard InChI is InChI=1S/C18H28N2O/c1-19-12-6-9-15(19)13-20(2)17-11-5-8-14-7-3-4-10-16(14)18(17)21/h3-4,7,10,15,17-18,21H,5-6,8-9,11-13H2,1-2H3. The van der Waals surface area contributed by atoms with Crippen LogP contribution in [0.15, 0.2) is 24.3 Å². The van der Waals surface area contributed by atoms with Crippen LogP contribution in [-0.2, 0) is 6.42 Å². The predicted molar refractivity (Wildman–Crippen MR) is 86.4 cm³/mol. The Kier molecular flexibility index (Phi) is 4.63. The molecule has 3 heteroatoms. The minimum Gasteiger partial charge on any atom is -0.387 e. The molecule has 1 aromatic carbocycles. The van der Waals surface area contributed by atoms with Gasteiger partial charge >= 0.3 is 0 Å². The van der Waals surface area contributed by atoms with Crippen molar-refractivity contribution in [3.8, 4) is 0 Å². The molecule has 0 aromatic heterocycles. The topological polar surface area (TPSA) is 26.7 Å². The minimum absolute atomic E-state index is 0.252. The van der Waals surface area contributed by atoms with E-state index in [1.807, 2.05) is 0 Å². The van der Waals surface area contributed by atoms with Gasteiger partial charge in [-0.25, -0.2) is 0 Å². The molecule has 1 aliphatic heterocycles. The molecule has 1 heterocycles. The molecular formula is C18H28N2O. The van der Waals surface area contributed by atoms with E-state index >= 15 is 0 Å². The second kappa shape index (κ2) is 6.47. The lowest BCUT2D eigenvalue weighted by atomic mass is 9.97. The smallest absolute Gasteiger partial charge is 0.0947 e. The lowest BCUT2D eigenvalue weighted by Gasteiger charge is -2.34. The van der Waals surface area contributed by atoms with E-state index in [-0.39, 0.29) is 12.1 Å². The van der Waals surface area contributed by atoms with Crippen LogP contribution in [0.25, 0.3) is 0 Å². The highest BCUT2D eigenvalue weighted by atomic mass is 16.3. The van der Waals surface area contributed by atoms with Crippen LogP contribution < -0.4 is 0 Å². The number of rotatable bonds is 3. The third kappa shape index (κ3) is 3.15. The van der Waals surface area contributed by atoms with Crippen LogP contribution in [0.5, 0.6) is 0 Å². The van der Waals surface area contributed by atoms with Gasteiger partial charge in [-0.05, 0) is 63.9 Å². The summed E-state index contributed by atoms with van der Waals surface area (Å²) < 4.78 is 0. The SMILES string of the molecule is CN1CCCC1CN(C)C1CCCc2ccccc2C1O. The molecule has 1 N–H and O–H groups in total. The summed E-state index contributed by atoms with van der Waals surface area (Å²) in [6, 6.07) is 9.32. The van der Waals surface area contributed by atoms with Crippen LogP contribution in [0.2, 0.25) is 0 Å². The molecule has 0 radical (unpaired) electrons. The third-order valence-electron chi connectivity index (χ3n) is 5.42. The van der Waals surface area contributed by atoms with Crippen molar-refractivity contribution in [1.82, 2.24) is 9.80 Å². The van der Waals surface area contributed by atoms with Crippen LogP contribution in [0.3, 0.4) is 0 Å². The molecule has 1 aliphatic carbocycles. The maximum absolute atomic E-state index is 10.9. The molecular weight excluding hydrogens is 260 g/mol. The Hall–Kier alpha value is -0.900. The zero-order valence-electron chi connectivity index (χ0n) is 13.3. The molecule has 1 saturated heterocycles. The summed E-state index contributed by atoms with van der Waals surface area (Å²) in [6.07, 6.45) is 5.61. The Balaban J connectivity index is 1.72. The molecule has 0 amide bonds. The summed E-state index contributed by atoms with van der Waals surface area (Å²) in [6.45, 7) is 2.29. The van der Waals surface area contributed by atoms with Crippen molar-refractivity contribution in [3.05, 3.63) is 35.4 Å². The highest BCUT2D eigenvalue weighted by Gasteiger charge is 2.31. The van der Waals surface area contributed by atoms with Gasteiger partial charge in [0.1, 0.15) is 0 Å². The first-order valence-electron chi connectivity index (χ1n) is 8.33. The molecule has 3 atom stereocenters. The lowest BCUT2D eigenvalue weighted by Crippen LogP contribution is -2.44. The molecule has 116 valence electrons. The van der Waals surface area contributed by atoms with Gasteiger partial charge in [0.2, 0.25) is 0 Å². The first-order chi connectivity index (χ1) is 10.2. The number of likely N-dealkylation sites (tertiary alicyclic amines) is 1. The monoisotopic (exact) mass is 288 g/mol. The van der Waals surface area contributed by atoms with Gasteiger partial charge in [-0.1, -0.05) is 24.3 Å². The number of aliphatic hydroxyl groups excluding tert-OH is 1. The second-order valence-corrected chi connectivity index (χ2v) is 6.82. The van der Waals surface area contributed by atoms with Gasteiger partial charge in [0.05, 0.1) is 6.10 Å². The van der Waals surface area contributed by atoms with Gasteiger partial charge in [-0.3, -0.25) is 4.90 Å². The summed E-state index contributed by atoms with van der Waals surface area (Å²) >= 11 is 0. The number of aliphatic hydroxyl groups is 1. The van der Waals surface area contributed by atoms with Gasteiger partial charge in [0.25, 0.3) is 0 Å². The molecule has 3 unspecified atom stereocenters. The average molecular weight is 288 g/mol. The number of hydrogen-bond donors (Lipinski definition) is 1. The predicted octanol–water partition coefficient (Wildman–Crippen LogP) is 2.45. The van der Waals surface area contributed by atoms with Crippen molar-refractivity contribution in [2.75, 3.05) is 27.2 Å². The first kappa shape index (κ1) is 15.0. The van der Waals surface area contributed by atoms with Gasteiger partial charge in [-0.2, -0.15) is 0 Å². The fraction of sp³-hybridized carbons (Fsp3) is 0.667. The normalized spacial score (nSPS) is 30.4. The van der Waals surface area contributed by atoms with E-state index in [0.29, 0.717) is 6.04 Å². The maximum atomic E-state index is 10.9. The summed E-state index contributed by atoms with van der Waals surface area (Å²) in [5.41, 5.74) is 2.48. The third-order valence-corrected chi connectivity index (χ3v) is 5.42. The van der Waals surface area contributed by atoms with Crippen molar-refractivity contribution in [2.24, 2.45) is 0 Å². The molecule has 0 spiro atoms. The molecule has 21 heavy (non-hydrogen) atoms. The quantitative estimate of drug-likeness (QED) is 0.866. The number of fused-ring (bicyclic) bond motifs is 1. The zero-order chi connectivity index (χ0) is 14.8. The van der Waals surface area contributed by atoms with Crippen molar-refractivity contribution in [2.45, 2.75) is 50.3 Å². The van der Waals surface area contributed by atoms with E-state index in [1.54, 1.807) is 0 Å². The van der Waals surface area contributed by atoms with Gasteiger partial charge in [-0.15, -0.1) is 0 Å². The fourth-order valence-electron chi connectivity index (χ4n) is 4.06. The van der Waals surface area contributed by atoms with Gasteiger partial charge in [0, 0.05) is 18.6 Å². The number of aryl methyl sites for hydroxylation is 1. The highest BCUT2D eigenvalue weighted by Crippen LogP contribution is 2.32. The number of hydrogen-bond acceptors (Lipinski definition) is 3. The fourth-order valence-corrected chi connectivity index (χ4v) is 4.06. The van der Waals surface area contributed by atoms with Crippen molar-refractivity contribution < 1.29 is 5.11 Å². The molecule has 1 fully saturated rings. The van der Waals surface area contributed by atoms with E-state index in [2.05, 4.69) is 48.2 Å². The molecule has 0 saturated carbocycles. The Morgan fingerprint density at radius 2 is 2.05 bits per heavy atom. The van der Waals surface area contributed by atoms with E-state index in [9.17, 15) is 5.11 Å². The van der Waals surface area contributed by atoms with Crippen LogP contribution in [0.1, 0.15) is 42.9 Å². The van der Waals surface area contributed by atoms with Crippen molar-refractivity contribution in [1.29, 1.82) is 0 Å². The van der Waals surface area contributed by atoms with E-state index in [0.717, 1.165) is 24.9 Å². The number of nitrogens with zero attached hydrogens (tertiary/aromatic N) is 2. The lowest BCUT2D eigenvalue weighted by molar-refractivity contribution is 0.0482.